The highest BCUT2D eigenvalue weighted by molar-refractivity contribution is 7.98. The van der Waals surface area contributed by atoms with Gasteiger partial charge in [-0.1, -0.05) is 41.9 Å². The lowest BCUT2D eigenvalue weighted by Crippen LogP contribution is -2.16. The molecule has 3 nitrogen and oxygen atoms in total. The van der Waals surface area contributed by atoms with Gasteiger partial charge in [-0.25, -0.2) is 9.18 Å². The van der Waals surface area contributed by atoms with Gasteiger partial charge in [-0.2, -0.15) is 0 Å². The Balaban J connectivity index is 2.16. The number of carbonyl (C=O) groups excluding carboxylic acids is 1. The van der Waals surface area contributed by atoms with Gasteiger partial charge in [0.05, 0.1) is 5.02 Å². The molecule has 0 saturated heterocycles. The fourth-order valence-electron chi connectivity index (χ4n) is 1.54. The smallest absolute Gasteiger partial charge is 0.409 e. The van der Waals surface area contributed by atoms with E-state index in [-0.39, 0.29) is 10.8 Å². The number of halogens is 2. The van der Waals surface area contributed by atoms with Crippen LogP contribution in [0, 0.1) is 5.82 Å². The van der Waals surface area contributed by atoms with Crippen LogP contribution in [0.2, 0.25) is 5.02 Å². The summed E-state index contributed by atoms with van der Waals surface area (Å²) >= 11 is 7.07. The molecule has 20 heavy (non-hydrogen) atoms. The van der Waals surface area contributed by atoms with Crippen LogP contribution in [0.3, 0.4) is 0 Å². The van der Waals surface area contributed by atoms with Crippen LogP contribution in [-0.4, -0.2) is 6.09 Å². The summed E-state index contributed by atoms with van der Waals surface area (Å²) in [6.07, 6.45) is -0.988. The highest BCUT2D eigenvalue weighted by atomic mass is 35.5. The monoisotopic (exact) mass is 311 g/mol. The summed E-state index contributed by atoms with van der Waals surface area (Å²) in [6.45, 7) is 0. The van der Waals surface area contributed by atoms with Crippen LogP contribution in [0.4, 0.5) is 9.18 Å². The predicted octanol–water partition coefficient (Wildman–Crippen LogP) is 4.23. The fourth-order valence-corrected chi connectivity index (χ4v) is 2.63. The molecule has 0 atom stereocenters. The summed E-state index contributed by atoms with van der Waals surface area (Å²) in [6, 6.07) is 12.1. The lowest BCUT2D eigenvalue weighted by molar-refractivity contribution is 0.210. The van der Waals surface area contributed by atoms with Crippen molar-refractivity contribution in [3.05, 3.63) is 58.9 Å². The lowest BCUT2D eigenvalue weighted by Gasteiger charge is -2.08. The van der Waals surface area contributed by atoms with E-state index in [2.05, 4.69) is 0 Å². The van der Waals surface area contributed by atoms with Gasteiger partial charge in [0.25, 0.3) is 0 Å². The quantitative estimate of drug-likeness (QED) is 0.860. The molecule has 0 aromatic heterocycles. The molecule has 0 radical (unpaired) electrons. The molecule has 1 amide bonds. The van der Waals surface area contributed by atoms with Crippen LogP contribution in [0.5, 0.6) is 5.75 Å². The normalized spacial score (nSPS) is 10.3. The second-order valence-electron chi connectivity index (χ2n) is 3.91. The Bertz CT molecular complexity index is 622. The third kappa shape index (κ3) is 3.88. The first-order chi connectivity index (χ1) is 9.56. The molecule has 0 fully saturated rings. The fraction of sp³-hybridized carbons (Fsp3) is 0.0714. The van der Waals surface area contributed by atoms with E-state index in [0.717, 1.165) is 11.6 Å². The van der Waals surface area contributed by atoms with Crippen LogP contribution in [-0.2, 0) is 5.75 Å². The van der Waals surface area contributed by atoms with Crippen LogP contribution in [0.25, 0.3) is 0 Å². The number of amides is 1. The summed E-state index contributed by atoms with van der Waals surface area (Å²) in [4.78, 5) is 11.1. The van der Waals surface area contributed by atoms with E-state index < -0.39 is 11.9 Å². The largest absolute Gasteiger partial charge is 0.410 e. The van der Waals surface area contributed by atoms with Crippen molar-refractivity contribution >= 4 is 29.5 Å². The molecule has 0 aliphatic rings. The molecule has 6 heteroatoms. The van der Waals surface area contributed by atoms with E-state index in [1.807, 2.05) is 30.3 Å². The molecule has 0 unspecified atom stereocenters. The van der Waals surface area contributed by atoms with E-state index in [4.69, 9.17) is 22.1 Å². The second kappa shape index (κ2) is 6.63. The molecule has 0 heterocycles. The number of primary amides is 1. The van der Waals surface area contributed by atoms with Crippen molar-refractivity contribution in [2.45, 2.75) is 10.6 Å². The van der Waals surface area contributed by atoms with Crippen LogP contribution < -0.4 is 10.5 Å². The Hall–Kier alpha value is -1.72. The van der Waals surface area contributed by atoms with Crippen LogP contribution in [0.1, 0.15) is 5.56 Å². The van der Waals surface area contributed by atoms with Crippen molar-refractivity contribution in [3.63, 3.8) is 0 Å². The molecular formula is C14H11ClFNO2S. The van der Waals surface area contributed by atoms with Gasteiger partial charge >= 0.3 is 6.09 Å². The van der Waals surface area contributed by atoms with E-state index >= 15 is 0 Å². The Labute approximate surface area is 124 Å². The molecular weight excluding hydrogens is 301 g/mol. The summed E-state index contributed by atoms with van der Waals surface area (Å²) in [5, 5.41) is 0.00496. The number of hydrogen-bond donors (Lipinski definition) is 1. The average molecular weight is 312 g/mol. The molecule has 0 aliphatic heterocycles. The molecule has 0 spiro atoms. The first-order valence-corrected chi connectivity index (χ1v) is 7.05. The Morgan fingerprint density at radius 1 is 1.30 bits per heavy atom. The van der Waals surface area contributed by atoms with Crippen molar-refractivity contribution in [1.29, 1.82) is 0 Å². The minimum atomic E-state index is -0.988. The zero-order chi connectivity index (χ0) is 14.5. The molecule has 2 aromatic rings. The maximum Gasteiger partial charge on any atom is 0.410 e. The zero-order valence-corrected chi connectivity index (χ0v) is 11.9. The Morgan fingerprint density at radius 3 is 2.65 bits per heavy atom. The van der Waals surface area contributed by atoms with Crippen molar-refractivity contribution in [3.8, 4) is 5.75 Å². The predicted molar refractivity (Wildman–Crippen MR) is 77.6 cm³/mol. The lowest BCUT2D eigenvalue weighted by atomic mass is 10.2. The number of ether oxygens (including phenoxy) is 1. The number of hydrogen-bond acceptors (Lipinski definition) is 3. The third-order valence-electron chi connectivity index (χ3n) is 2.43. The van der Waals surface area contributed by atoms with Gasteiger partial charge in [0, 0.05) is 10.6 Å². The average Bonchev–Trinajstić information content (AvgIpc) is 2.41. The van der Waals surface area contributed by atoms with Crippen LogP contribution >= 0.6 is 23.4 Å². The number of nitrogens with two attached hydrogens (primary N) is 1. The van der Waals surface area contributed by atoms with Crippen LogP contribution in [0.15, 0.2) is 47.4 Å². The minimum absolute atomic E-state index is 0.00496. The first kappa shape index (κ1) is 14.7. The summed E-state index contributed by atoms with van der Waals surface area (Å²) in [5.74, 6) is 0.180. The molecule has 0 saturated carbocycles. The summed E-state index contributed by atoms with van der Waals surface area (Å²) in [7, 11) is 0. The topological polar surface area (TPSA) is 52.3 Å². The van der Waals surface area contributed by atoms with Gasteiger partial charge < -0.3 is 10.5 Å². The van der Waals surface area contributed by atoms with Crippen molar-refractivity contribution in [2.75, 3.05) is 0 Å². The number of rotatable bonds is 4. The van der Waals surface area contributed by atoms with Crippen molar-refractivity contribution in [2.24, 2.45) is 5.73 Å². The van der Waals surface area contributed by atoms with Gasteiger partial charge in [0.2, 0.25) is 0 Å². The molecule has 2 rings (SSSR count). The van der Waals surface area contributed by atoms with Crippen molar-refractivity contribution < 1.29 is 13.9 Å². The van der Waals surface area contributed by atoms with E-state index in [0.29, 0.717) is 10.6 Å². The molecule has 104 valence electrons. The Morgan fingerprint density at radius 2 is 2.00 bits per heavy atom. The Kier molecular flexibility index (Phi) is 4.87. The maximum absolute atomic E-state index is 13.8. The van der Waals surface area contributed by atoms with Gasteiger partial charge in [0.1, 0.15) is 5.82 Å². The number of benzene rings is 2. The second-order valence-corrected chi connectivity index (χ2v) is 5.33. The van der Waals surface area contributed by atoms with E-state index in [1.165, 1.54) is 17.8 Å². The van der Waals surface area contributed by atoms with E-state index in [9.17, 15) is 9.18 Å². The first-order valence-electron chi connectivity index (χ1n) is 5.69. The highest BCUT2D eigenvalue weighted by Gasteiger charge is 2.12. The van der Waals surface area contributed by atoms with E-state index in [1.54, 1.807) is 0 Å². The SMILES string of the molecule is NC(=O)Oc1cc(SCc2ccccc2)c(F)cc1Cl. The zero-order valence-electron chi connectivity index (χ0n) is 10.3. The van der Waals surface area contributed by atoms with Gasteiger partial charge in [-0.3, -0.25) is 0 Å². The van der Waals surface area contributed by atoms with Gasteiger partial charge in [0.15, 0.2) is 5.75 Å². The molecule has 2 N–H and O–H groups in total. The highest BCUT2D eigenvalue weighted by Crippen LogP contribution is 2.34. The molecule has 0 aliphatic carbocycles. The van der Waals surface area contributed by atoms with Gasteiger partial charge in [-0.15, -0.1) is 11.8 Å². The summed E-state index contributed by atoms with van der Waals surface area (Å²) in [5.41, 5.74) is 5.99. The van der Waals surface area contributed by atoms with Crippen molar-refractivity contribution in [1.82, 2.24) is 0 Å². The maximum atomic E-state index is 13.8. The number of thioether (sulfide) groups is 1. The molecule has 2 aromatic carbocycles. The standard InChI is InChI=1S/C14H11ClFNO2S/c15-10-6-11(16)13(7-12(10)19-14(17)18)20-8-9-4-2-1-3-5-9/h1-7H,8H2,(H2,17,18). The minimum Gasteiger partial charge on any atom is -0.409 e. The number of carbonyl (C=O) groups is 1. The third-order valence-corrected chi connectivity index (χ3v) is 3.83. The van der Waals surface area contributed by atoms with Gasteiger partial charge in [-0.05, 0) is 17.7 Å². The molecule has 0 bridgehead atoms. The summed E-state index contributed by atoms with van der Waals surface area (Å²) < 4.78 is 18.5.